The lowest BCUT2D eigenvalue weighted by Crippen LogP contribution is -2.25. The summed E-state index contributed by atoms with van der Waals surface area (Å²) in [5.41, 5.74) is 1.15. The largest absolute Gasteiger partial charge is 0.469 e. The van der Waals surface area contributed by atoms with Gasteiger partial charge in [-0.1, -0.05) is 51.1 Å². The Morgan fingerprint density at radius 3 is 2.15 bits per heavy atom. The van der Waals surface area contributed by atoms with Gasteiger partial charge in [-0.3, -0.25) is 9.59 Å². The monoisotopic (exact) mass is 276 g/mol. The molecule has 0 radical (unpaired) electrons. The number of rotatable bonds is 7. The third kappa shape index (κ3) is 4.80. The average Bonchev–Trinajstić information content (AvgIpc) is 2.44. The summed E-state index contributed by atoms with van der Waals surface area (Å²) in [6.45, 7) is 5.92. The SMILES string of the molecule is COC(=O)C(CC(=O)CC(C)c1ccccc1)C(C)C. The third-order valence-corrected chi connectivity index (χ3v) is 3.66. The summed E-state index contributed by atoms with van der Waals surface area (Å²) in [7, 11) is 1.37. The Balaban J connectivity index is 2.60. The average molecular weight is 276 g/mol. The number of methoxy groups -OCH3 is 1. The molecule has 3 nitrogen and oxygen atoms in total. The van der Waals surface area contributed by atoms with E-state index in [9.17, 15) is 9.59 Å². The number of ketones is 1. The molecule has 3 heteroatoms. The van der Waals surface area contributed by atoms with Gasteiger partial charge in [0.05, 0.1) is 13.0 Å². The van der Waals surface area contributed by atoms with Gasteiger partial charge in [-0.15, -0.1) is 0 Å². The Morgan fingerprint density at radius 1 is 1.05 bits per heavy atom. The molecule has 0 aliphatic heterocycles. The zero-order chi connectivity index (χ0) is 15.1. The van der Waals surface area contributed by atoms with Crippen LogP contribution >= 0.6 is 0 Å². The first kappa shape index (κ1) is 16.4. The lowest BCUT2D eigenvalue weighted by molar-refractivity contribution is -0.148. The molecule has 0 amide bonds. The van der Waals surface area contributed by atoms with Crippen molar-refractivity contribution < 1.29 is 14.3 Å². The topological polar surface area (TPSA) is 43.4 Å². The molecule has 0 N–H and O–H groups in total. The quantitative estimate of drug-likeness (QED) is 0.715. The summed E-state index contributed by atoms with van der Waals surface area (Å²) in [4.78, 5) is 23.8. The van der Waals surface area contributed by atoms with Crippen LogP contribution in [0.2, 0.25) is 0 Å². The summed E-state index contributed by atoms with van der Waals surface area (Å²) < 4.78 is 4.77. The molecule has 0 saturated carbocycles. The molecule has 20 heavy (non-hydrogen) atoms. The van der Waals surface area contributed by atoms with Gasteiger partial charge in [0, 0.05) is 12.8 Å². The van der Waals surface area contributed by atoms with E-state index in [0.29, 0.717) is 6.42 Å². The minimum absolute atomic E-state index is 0.110. The summed E-state index contributed by atoms with van der Waals surface area (Å²) in [6.07, 6.45) is 0.728. The first-order valence-electron chi connectivity index (χ1n) is 7.10. The van der Waals surface area contributed by atoms with Gasteiger partial charge in [-0.05, 0) is 17.4 Å². The molecule has 2 atom stereocenters. The number of ether oxygens (including phenoxy) is 1. The second-order valence-corrected chi connectivity index (χ2v) is 5.63. The van der Waals surface area contributed by atoms with E-state index in [0.717, 1.165) is 5.56 Å². The van der Waals surface area contributed by atoms with Gasteiger partial charge in [-0.25, -0.2) is 0 Å². The van der Waals surface area contributed by atoms with Crippen LogP contribution in [0.5, 0.6) is 0 Å². The van der Waals surface area contributed by atoms with Gasteiger partial charge in [0.2, 0.25) is 0 Å². The molecule has 0 spiro atoms. The molecular formula is C17H24O3. The van der Waals surface area contributed by atoms with Crippen molar-refractivity contribution >= 4 is 11.8 Å². The van der Waals surface area contributed by atoms with Crippen LogP contribution < -0.4 is 0 Å². The van der Waals surface area contributed by atoms with Gasteiger partial charge >= 0.3 is 5.97 Å². The molecule has 2 unspecified atom stereocenters. The minimum Gasteiger partial charge on any atom is -0.469 e. The maximum Gasteiger partial charge on any atom is 0.309 e. The molecule has 110 valence electrons. The van der Waals surface area contributed by atoms with E-state index in [1.807, 2.05) is 51.1 Å². The molecule has 0 aromatic heterocycles. The number of carbonyl (C=O) groups is 2. The van der Waals surface area contributed by atoms with Gasteiger partial charge < -0.3 is 4.74 Å². The molecule has 1 aromatic carbocycles. The van der Waals surface area contributed by atoms with Crippen LogP contribution in [-0.4, -0.2) is 18.9 Å². The Kier molecular flexibility index (Phi) is 6.43. The molecule has 1 aromatic rings. The summed E-state index contributed by atoms with van der Waals surface area (Å²) in [5, 5.41) is 0. The second kappa shape index (κ2) is 7.83. The van der Waals surface area contributed by atoms with E-state index in [1.54, 1.807) is 0 Å². The van der Waals surface area contributed by atoms with Crippen molar-refractivity contribution in [2.75, 3.05) is 7.11 Å². The molecule has 0 heterocycles. The van der Waals surface area contributed by atoms with Crippen molar-refractivity contribution in [3.05, 3.63) is 35.9 Å². The van der Waals surface area contributed by atoms with E-state index in [2.05, 4.69) is 0 Å². The second-order valence-electron chi connectivity index (χ2n) is 5.63. The van der Waals surface area contributed by atoms with E-state index in [4.69, 9.17) is 4.74 Å². The first-order chi connectivity index (χ1) is 9.45. The maximum absolute atomic E-state index is 12.2. The number of hydrogen-bond acceptors (Lipinski definition) is 3. The van der Waals surface area contributed by atoms with Crippen molar-refractivity contribution in [1.82, 2.24) is 0 Å². The highest BCUT2D eigenvalue weighted by atomic mass is 16.5. The zero-order valence-corrected chi connectivity index (χ0v) is 12.8. The standard InChI is InChI=1S/C17H24O3/c1-12(2)16(17(19)20-4)11-15(18)10-13(3)14-8-6-5-7-9-14/h5-9,12-13,16H,10-11H2,1-4H3. The highest BCUT2D eigenvalue weighted by Gasteiger charge is 2.26. The molecule has 1 rings (SSSR count). The fourth-order valence-corrected chi connectivity index (χ4v) is 2.31. The lowest BCUT2D eigenvalue weighted by Gasteiger charge is -2.18. The summed E-state index contributed by atoms with van der Waals surface area (Å²) >= 11 is 0. The van der Waals surface area contributed by atoms with Crippen LogP contribution in [0.25, 0.3) is 0 Å². The van der Waals surface area contributed by atoms with Crippen LogP contribution in [0.1, 0.15) is 45.1 Å². The van der Waals surface area contributed by atoms with Crippen LogP contribution in [0, 0.1) is 11.8 Å². The van der Waals surface area contributed by atoms with E-state index >= 15 is 0 Å². The van der Waals surface area contributed by atoms with Crippen molar-refractivity contribution in [1.29, 1.82) is 0 Å². The smallest absolute Gasteiger partial charge is 0.309 e. The number of esters is 1. The number of hydrogen-bond donors (Lipinski definition) is 0. The summed E-state index contributed by atoms with van der Waals surface area (Å²) in [5.74, 6) is -0.228. The molecule has 0 aliphatic rings. The Hall–Kier alpha value is -1.64. The highest BCUT2D eigenvalue weighted by molar-refractivity contribution is 5.85. The van der Waals surface area contributed by atoms with Crippen LogP contribution in [0.3, 0.4) is 0 Å². The van der Waals surface area contributed by atoms with Gasteiger partial charge in [0.15, 0.2) is 0 Å². The van der Waals surface area contributed by atoms with E-state index < -0.39 is 0 Å². The maximum atomic E-state index is 12.2. The predicted octanol–water partition coefficient (Wildman–Crippen LogP) is 3.58. The number of benzene rings is 1. The summed E-state index contributed by atoms with van der Waals surface area (Å²) in [6, 6.07) is 9.96. The van der Waals surface area contributed by atoms with Crippen molar-refractivity contribution in [3.8, 4) is 0 Å². The normalized spacial score (nSPS) is 13.8. The molecule has 0 bridgehead atoms. The fraction of sp³-hybridized carbons (Fsp3) is 0.529. The van der Waals surface area contributed by atoms with Gasteiger partial charge in [0.1, 0.15) is 5.78 Å². The van der Waals surface area contributed by atoms with Gasteiger partial charge in [0.25, 0.3) is 0 Å². The number of carbonyl (C=O) groups excluding carboxylic acids is 2. The van der Waals surface area contributed by atoms with Crippen LogP contribution in [0.15, 0.2) is 30.3 Å². The van der Waals surface area contributed by atoms with E-state index in [1.165, 1.54) is 7.11 Å². The van der Waals surface area contributed by atoms with Crippen molar-refractivity contribution in [2.24, 2.45) is 11.8 Å². The predicted molar refractivity (Wildman–Crippen MR) is 79.4 cm³/mol. The van der Waals surface area contributed by atoms with Gasteiger partial charge in [-0.2, -0.15) is 0 Å². The van der Waals surface area contributed by atoms with Crippen LogP contribution in [-0.2, 0) is 14.3 Å². The molecule has 0 fully saturated rings. The highest BCUT2D eigenvalue weighted by Crippen LogP contribution is 2.23. The molecule has 0 saturated heterocycles. The third-order valence-electron chi connectivity index (χ3n) is 3.66. The Morgan fingerprint density at radius 2 is 1.65 bits per heavy atom. The zero-order valence-electron chi connectivity index (χ0n) is 12.8. The van der Waals surface area contributed by atoms with E-state index in [-0.39, 0.29) is 35.9 Å². The molecule has 0 aliphatic carbocycles. The van der Waals surface area contributed by atoms with Crippen LogP contribution in [0.4, 0.5) is 0 Å². The minimum atomic E-state index is -0.338. The van der Waals surface area contributed by atoms with Crippen molar-refractivity contribution in [2.45, 2.75) is 39.5 Å². The number of Topliss-reactive ketones (excluding diaryl/α,β-unsaturated/α-hetero) is 1. The molecular weight excluding hydrogens is 252 g/mol. The Bertz CT molecular complexity index is 437. The first-order valence-corrected chi connectivity index (χ1v) is 7.10. The Labute approximate surface area is 121 Å². The fourth-order valence-electron chi connectivity index (χ4n) is 2.31. The lowest BCUT2D eigenvalue weighted by atomic mass is 9.87. The van der Waals surface area contributed by atoms with Crippen molar-refractivity contribution in [3.63, 3.8) is 0 Å².